The Morgan fingerprint density at radius 3 is 2.00 bits per heavy atom. The van der Waals surface area contributed by atoms with E-state index in [9.17, 15) is 53.7 Å². The number of fused-ring (bicyclic) bond motifs is 1. The molecule has 8 atom stereocenters. The highest BCUT2D eigenvalue weighted by Gasteiger charge is 2.39. The number of para-hydroxylation sites is 1. The summed E-state index contributed by atoms with van der Waals surface area (Å²) in [6, 6.07) is 12.3. The average Bonchev–Trinajstić information content (AvgIpc) is 4.01. The number of carboxylic acid groups (broad SMARTS) is 1. The number of aliphatic carboxylic acids is 1. The van der Waals surface area contributed by atoms with Gasteiger partial charge in [0.05, 0.1) is 12.1 Å². The van der Waals surface area contributed by atoms with Crippen LogP contribution in [0, 0.1) is 0 Å². The zero-order valence-electron chi connectivity index (χ0n) is 39.8. The molecule has 7 amide bonds. The van der Waals surface area contributed by atoms with Crippen LogP contribution in [0.25, 0.3) is 10.9 Å². The van der Waals surface area contributed by atoms with Crippen LogP contribution < -0.4 is 49.5 Å². The summed E-state index contributed by atoms with van der Waals surface area (Å²) in [5.41, 5.74) is 25.3. The molecule has 4 aromatic rings. The van der Waals surface area contributed by atoms with Gasteiger partial charge in [0.1, 0.15) is 42.0 Å². The number of aliphatic imine (C=N–C) groups is 1. The van der Waals surface area contributed by atoms with Crippen LogP contribution in [0.3, 0.4) is 0 Å². The minimum atomic E-state index is -1.78. The number of hydrogen-bond acceptors (Lipinski definition) is 12. The maximum Gasteiger partial charge on any atom is 0.326 e. The molecule has 386 valence electrons. The minimum absolute atomic E-state index is 0.0288. The van der Waals surface area contributed by atoms with Gasteiger partial charge < -0.3 is 74.7 Å². The van der Waals surface area contributed by atoms with E-state index in [1.165, 1.54) is 24.0 Å². The van der Waals surface area contributed by atoms with Crippen LogP contribution >= 0.6 is 0 Å². The molecule has 1 aliphatic heterocycles. The molecule has 0 aliphatic carbocycles. The number of H-pyrrole nitrogens is 1. The lowest BCUT2D eigenvalue weighted by atomic mass is 10.0. The van der Waals surface area contributed by atoms with Gasteiger partial charge in [-0.25, -0.2) is 4.79 Å². The highest BCUT2D eigenvalue weighted by atomic mass is 16.4. The summed E-state index contributed by atoms with van der Waals surface area (Å²) in [6.07, 6.45) is -0.171. The van der Waals surface area contributed by atoms with E-state index >= 15 is 0 Å². The fourth-order valence-electron chi connectivity index (χ4n) is 8.33. The van der Waals surface area contributed by atoms with E-state index in [0.717, 1.165) is 10.9 Å². The number of guanidine groups is 1. The van der Waals surface area contributed by atoms with E-state index in [0.29, 0.717) is 23.1 Å². The van der Waals surface area contributed by atoms with Crippen LogP contribution in [0.2, 0.25) is 0 Å². The van der Waals surface area contributed by atoms with Crippen LogP contribution in [0.5, 0.6) is 5.75 Å². The van der Waals surface area contributed by atoms with Gasteiger partial charge in [-0.05, 0) is 80.3 Å². The predicted molar refractivity (Wildman–Crippen MR) is 264 cm³/mol. The molecule has 1 fully saturated rings. The van der Waals surface area contributed by atoms with Gasteiger partial charge in [0.2, 0.25) is 41.4 Å². The summed E-state index contributed by atoms with van der Waals surface area (Å²) in [5, 5.41) is 44.0. The number of aromatic hydroxyl groups is 1. The molecule has 1 aromatic heterocycles. The highest BCUT2D eigenvalue weighted by molar-refractivity contribution is 5.98. The molecule has 72 heavy (non-hydrogen) atoms. The first kappa shape index (κ1) is 54.9. The molecule has 1 saturated heterocycles. The number of carbonyl (C=O) groups is 8. The summed E-state index contributed by atoms with van der Waals surface area (Å²) < 4.78 is 0. The number of phenolic OH excluding ortho intramolecular Hbond substituents is 1. The molecule has 5 rings (SSSR count). The minimum Gasteiger partial charge on any atom is -0.508 e. The monoisotopic (exact) mass is 996 g/mol. The predicted octanol–water partition coefficient (Wildman–Crippen LogP) is -1.57. The number of aliphatic hydroxyl groups excluding tert-OH is 1. The standard InChI is InChI=1S/C49H64N12O11/c1-27(62)41(46(69)57-36(19-20-40(51)64)43(66)56-35(13-7-21-54-49(52)53)42(65)59-38(48(71)72)24-28-9-3-2-4-10-28)60-44(67)37(25-30-26-55-34-12-6-5-11-32(30)34)58-45(68)39-14-8-22-61(39)47(70)33(50)23-29-15-17-31(63)18-16-29/h2-6,9-12,15-18,26-27,33,35-39,41,55,62-63H,7-8,13-14,19-25,50H2,1H3,(H2,51,64)(H,56,66)(H,57,69)(H,58,68)(H,59,65)(H,60,67)(H,71,72)(H4,52,53,54)/t27?,33-,35-,36-,37-,38-,39-,41-/m0/s1. The first-order chi connectivity index (χ1) is 34.3. The van der Waals surface area contributed by atoms with Gasteiger partial charge in [-0.2, -0.15) is 0 Å². The Bertz CT molecular complexity index is 2570. The van der Waals surface area contributed by atoms with E-state index in [1.807, 2.05) is 12.1 Å². The van der Waals surface area contributed by atoms with Crippen molar-refractivity contribution < 1.29 is 53.7 Å². The normalized spacial score (nSPS) is 16.2. The number of carbonyl (C=O) groups excluding carboxylic acids is 7. The van der Waals surface area contributed by atoms with Crippen molar-refractivity contribution in [2.45, 2.75) is 113 Å². The van der Waals surface area contributed by atoms with Crippen LogP contribution in [-0.2, 0) is 57.6 Å². The smallest absolute Gasteiger partial charge is 0.326 e. The second-order valence-electron chi connectivity index (χ2n) is 17.7. The lowest BCUT2D eigenvalue weighted by Crippen LogP contribution is -2.62. The number of phenols is 1. The number of hydrogen-bond donors (Lipinski definition) is 13. The molecule has 0 saturated carbocycles. The number of amides is 7. The van der Waals surface area contributed by atoms with Gasteiger partial charge in [0.15, 0.2) is 5.96 Å². The number of benzene rings is 3. The van der Waals surface area contributed by atoms with Crippen LogP contribution in [-0.4, -0.2) is 140 Å². The third-order valence-electron chi connectivity index (χ3n) is 12.1. The molecule has 0 bridgehead atoms. The van der Waals surface area contributed by atoms with E-state index in [-0.39, 0.29) is 63.3 Å². The van der Waals surface area contributed by atoms with E-state index in [1.54, 1.807) is 60.8 Å². The number of nitrogens with two attached hydrogens (primary N) is 4. The summed E-state index contributed by atoms with van der Waals surface area (Å²) in [6.45, 7) is 1.45. The molecule has 2 heterocycles. The SMILES string of the molecule is CC(O)[C@H](NC(=O)[C@H](Cc1c[nH]c2ccccc12)NC(=O)[C@@H]1CCCN1C(=O)[C@@H](N)Cc1ccc(O)cc1)C(=O)N[C@@H](CCC(N)=O)C(=O)N[C@@H](CCCN=C(N)N)C(=O)N[C@@H](Cc1ccccc1)C(=O)O. The Kier molecular flexibility index (Phi) is 20.0. The summed E-state index contributed by atoms with van der Waals surface area (Å²) in [4.78, 5) is 117. The van der Waals surface area contributed by atoms with Gasteiger partial charge in [-0.1, -0.05) is 60.7 Å². The Hall–Kier alpha value is -8.05. The summed E-state index contributed by atoms with van der Waals surface area (Å²) >= 11 is 0. The van der Waals surface area contributed by atoms with Crippen LogP contribution in [0.1, 0.15) is 62.1 Å². The van der Waals surface area contributed by atoms with Crippen molar-refractivity contribution in [2.24, 2.45) is 27.9 Å². The van der Waals surface area contributed by atoms with Crippen molar-refractivity contribution in [2.75, 3.05) is 13.1 Å². The molecule has 1 aliphatic rings. The van der Waals surface area contributed by atoms with E-state index < -0.39 is 109 Å². The molecule has 17 N–H and O–H groups in total. The third-order valence-corrected chi connectivity index (χ3v) is 12.1. The third kappa shape index (κ3) is 16.0. The fourth-order valence-corrected chi connectivity index (χ4v) is 8.33. The Morgan fingerprint density at radius 1 is 0.736 bits per heavy atom. The largest absolute Gasteiger partial charge is 0.508 e. The number of rotatable bonds is 26. The lowest BCUT2D eigenvalue weighted by Gasteiger charge is -2.30. The Balaban J connectivity index is 1.35. The molecule has 1 unspecified atom stereocenters. The van der Waals surface area contributed by atoms with Crippen LogP contribution in [0.15, 0.2) is 90.1 Å². The maximum absolute atomic E-state index is 14.4. The fraction of sp³-hybridized carbons (Fsp3) is 0.408. The maximum atomic E-state index is 14.4. The molecule has 23 nitrogen and oxygen atoms in total. The molecular formula is C49H64N12O11. The average molecular weight is 997 g/mol. The molecule has 0 radical (unpaired) electrons. The number of carboxylic acids is 1. The van der Waals surface area contributed by atoms with Gasteiger partial charge in [-0.15, -0.1) is 0 Å². The van der Waals surface area contributed by atoms with Gasteiger partial charge in [0, 0.05) is 49.5 Å². The van der Waals surface area contributed by atoms with Gasteiger partial charge in [-0.3, -0.25) is 38.6 Å². The van der Waals surface area contributed by atoms with Crippen molar-refractivity contribution in [1.82, 2.24) is 36.5 Å². The number of aromatic nitrogens is 1. The van der Waals surface area contributed by atoms with Gasteiger partial charge in [0.25, 0.3) is 0 Å². The van der Waals surface area contributed by atoms with Crippen molar-refractivity contribution in [3.05, 3.63) is 102 Å². The topological polar surface area (TPSA) is 393 Å². The van der Waals surface area contributed by atoms with Crippen LogP contribution in [0.4, 0.5) is 0 Å². The zero-order chi connectivity index (χ0) is 52.5. The number of primary amides is 1. The highest BCUT2D eigenvalue weighted by Crippen LogP contribution is 2.23. The summed E-state index contributed by atoms with van der Waals surface area (Å²) in [5.74, 6) is -7.47. The number of nitrogens with one attached hydrogen (secondary N) is 6. The number of nitrogens with zero attached hydrogens (tertiary/aromatic N) is 2. The second-order valence-corrected chi connectivity index (χ2v) is 17.7. The van der Waals surface area contributed by atoms with Crippen molar-refractivity contribution in [3.8, 4) is 5.75 Å². The number of likely N-dealkylation sites (tertiary alicyclic amines) is 1. The van der Waals surface area contributed by atoms with E-state index in [2.05, 4.69) is 36.6 Å². The Labute approximate surface area is 414 Å². The first-order valence-electron chi connectivity index (χ1n) is 23.5. The quantitative estimate of drug-likeness (QED) is 0.0192. The number of aliphatic hydroxyl groups is 1. The van der Waals surface area contributed by atoms with Crippen molar-refractivity contribution in [1.29, 1.82) is 0 Å². The zero-order valence-corrected chi connectivity index (χ0v) is 39.8. The molecular weight excluding hydrogens is 933 g/mol. The van der Waals surface area contributed by atoms with Crippen molar-refractivity contribution >= 4 is 64.2 Å². The first-order valence-corrected chi connectivity index (χ1v) is 23.5. The molecule has 3 aromatic carbocycles. The van der Waals surface area contributed by atoms with Gasteiger partial charge >= 0.3 is 5.97 Å². The Morgan fingerprint density at radius 2 is 1.35 bits per heavy atom. The van der Waals surface area contributed by atoms with E-state index in [4.69, 9.17) is 22.9 Å². The second kappa shape index (κ2) is 26.2. The summed E-state index contributed by atoms with van der Waals surface area (Å²) in [7, 11) is 0. The molecule has 0 spiro atoms. The number of aromatic amines is 1. The van der Waals surface area contributed by atoms with Crippen molar-refractivity contribution in [3.63, 3.8) is 0 Å². The molecule has 23 heteroatoms. The lowest BCUT2D eigenvalue weighted by molar-refractivity contribution is -0.142.